The molecular formula is C24H27N3O4S. The number of benzene rings is 2. The quantitative estimate of drug-likeness (QED) is 0.595. The maximum Gasteiger partial charge on any atom is 0.251 e. The number of piperazine rings is 1. The van der Waals surface area contributed by atoms with Crippen molar-refractivity contribution in [1.29, 1.82) is 0 Å². The van der Waals surface area contributed by atoms with E-state index >= 15 is 0 Å². The molecule has 0 atom stereocenters. The van der Waals surface area contributed by atoms with E-state index in [1.807, 2.05) is 43.3 Å². The zero-order valence-corrected chi connectivity index (χ0v) is 18.8. The fraction of sp³-hybridized carbons (Fsp3) is 0.292. The maximum atomic E-state index is 12.9. The van der Waals surface area contributed by atoms with Crippen molar-refractivity contribution in [2.75, 3.05) is 26.2 Å². The third-order valence-electron chi connectivity index (χ3n) is 5.59. The largest absolute Gasteiger partial charge is 0.467 e. The molecule has 1 aromatic heterocycles. The summed E-state index contributed by atoms with van der Waals surface area (Å²) in [5.74, 6) is 0.547. The Hall–Kier alpha value is -2.94. The number of hydrogen-bond acceptors (Lipinski definition) is 5. The van der Waals surface area contributed by atoms with E-state index in [0.717, 1.165) is 11.1 Å². The van der Waals surface area contributed by atoms with Gasteiger partial charge < -0.3 is 9.73 Å². The molecule has 1 saturated heterocycles. The number of nitrogens with one attached hydrogen (secondary N) is 1. The third-order valence-corrected chi connectivity index (χ3v) is 7.50. The van der Waals surface area contributed by atoms with Gasteiger partial charge in [-0.15, -0.1) is 0 Å². The molecule has 7 nitrogen and oxygen atoms in total. The normalized spacial score (nSPS) is 15.5. The number of nitrogens with zero attached hydrogens (tertiary/aromatic N) is 2. The Bertz CT molecular complexity index is 1150. The number of carbonyl (C=O) groups excluding carboxylic acids is 1. The van der Waals surface area contributed by atoms with Crippen molar-refractivity contribution < 1.29 is 17.6 Å². The van der Waals surface area contributed by atoms with Gasteiger partial charge >= 0.3 is 0 Å². The van der Waals surface area contributed by atoms with E-state index in [4.69, 9.17) is 4.42 Å². The van der Waals surface area contributed by atoms with Crippen LogP contribution < -0.4 is 5.32 Å². The number of aryl methyl sites for hydroxylation is 1. The highest BCUT2D eigenvalue weighted by molar-refractivity contribution is 7.89. The molecule has 0 bridgehead atoms. The van der Waals surface area contributed by atoms with E-state index in [9.17, 15) is 13.2 Å². The fourth-order valence-electron chi connectivity index (χ4n) is 3.74. The first-order valence-electron chi connectivity index (χ1n) is 10.6. The first-order valence-corrected chi connectivity index (χ1v) is 12.0. The summed E-state index contributed by atoms with van der Waals surface area (Å²) < 4.78 is 32.6. The topological polar surface area (TPSA) is 82.9 Å². The molecular weight excluding hydrogens is 426 g/mol. The molecule has 1 fully saturated rings. The lowest BCUT2D eigenvalue weighted by molar-refractivity contribution is 0.0947. The highest BCUT2D eigenvalue weighted by Gasteiger charge is 2.28. The van der Waals surface area contributed by atoms with Crippen LogP contribution in [-0.2, 0) is 23.1 Å². The van der Waals surface area contributed by atoms with Crippen LogP contribution in [0.3, 0.4) is 0 Å². The number of furan rings is 1. The SMILES string of the molecule is Cc1ccc(S(=O)(=O)N2CCN(Cc3cccc(C(=O)NCc4ccco4)c3)CC2)cc1. The Morgan fingerprint density at radius 2 is 1.75 bits per heavy atom. The predicted octanol–water partition coefficient (Wildman–Crippen LogP) is 3.02. The lowest BCUT2D eigenvalue weighted by Crippen LogP contribution is -2.48. The van der Waals surface area contributed by atoms with Crippen LogP contribution in [0.25, 0.3) is 0 Å². The predicted molar refractivity (Wildman–Crippen MR) is 122 cm³/mol. The second kappa shape index (κ2) is 9.68. The zero-order chi connectivity index (χ0) is 22.6. The maximum absolute atomic E-state index is 12.9. The van der Waals surface area contributed by atoms with Crippen molar-refractivity contribution in [3.05, 3.63) is 89.4 Å². The molecule has 2 heterocycles. The van der Waals surface area contributed by atoms with Crippen LogP contribution in [0.1, 0.15) is 27.2 Å². The highest BCUT2D eigenvalue weighted by atomic mass is 32.2. The van der Waals surface area contributed by atoms with E-state index in [-0.39, 0.29) is 5.91 Å². The minimum Gasteiger partial charge on any atom is -0.467 e. The molecule has 168 valence electrons. The first kappa shape index (κ1) is 22.3. The lowest BCUT2D eigenvalue weighted by Gasteiger charge is -2.34. The summed E-state index contributed by atoms with van der Waals surface area (Å²) in [6, 6.07) is 18.1. The Kier molecular flexibility index (Phi) is 6.74. The summed E-state index contributed by atoms with van der Waals surface area (Å²) in [7, 11) is -3.47. The minimum absolute atomic E-state index is 0.155. The average molecular weight is 454 g/mol. The van der Waals surface area contributed by atoms with Gasteiger partial charge in [-0.1, -0.05) is 29.8 Å². The Labute approximate surface area is 188 Å². The Balaban J connectivity index is 1.32. The average Bonchev–Trinajstić information content (AvgIpc) is 3.32. The molecule has 1 amide bonds. The molecule has 0 saturated carbocycles. The van der Waals surface area contributed by atoms with Gasteiger partial charge in [0, 0.05) is 38.3 Å². The van der Waals surface area contributed by atoms with Gasteiger partial charge in [0.25, 0.3) is 5.91 Å². The fourth-order valence-corrected chi connectivity index (χ4v) is 5.16. The summed E-state index contributed by atoms with van der Waals surface area (Å²) in [5, 5.41) is 2.85. The van der Waals surface area contributed by atoms with Crippen molar-refractivity contribution in [2.45, 2.75) is 24.9 Å². The number of rotatable bonds is 7. The van der Waals surface area contributed by atoms with Crippen LogP contribution in [0.2, 0.25) is 0 Å². The van der Waals surface area contributed by atoms with Gasteiger partial charge in [-0.05, 0) is 48.9 Å². The molecule has 32 heavy (non-hydrogen) atoms. The molecule has 1 aliphatic heterocycles. The molecule has 3 aromatic rings. The second-order valence-electron chi connectivity index (χ2n) is 7.96. The van der Waals surface area contributed by atoms with Crippen LogP contribution >= 0.6 is 0 Å². The van der Waals surface area contributed by atoms with E-state index in [1.165, 1.54) is 0 Å². The van der Waals surface area contributed by atoms with E-state index < -0.39 is 10.0 Å². The second-order valence-corrected chi connectivity index (χ2v) is 9.89. The monoisotopic (exact) mass is 453 g/mol. The van der Waals surface area contributed by atoms with Crippen molar-refractivity contribution >= 4 is 15.9 Å². The standard InChI is InChI=1S/C24H27N3O4S/c1-19-7-9-23(10-8-19)32(29,30)27-13-11-26(12-14-27)18-20-4-2-5-21(16-20)24(28)25-17-22-6-3-15-31-22/h2-10,15-16H,11-14,17-18H2,1H3,(H,25,28). The van der Waals surface area contributed by atoms with E-state index in [2.05, 4.69) is 10.2 Å². The highest BCUT2D eigenvalue weighted by Crippen LogP contribution is 2.19. The van der Waals surface area contributed by atoms with Gasteiger partial charge in [0.2, 0.25) is 10.0 Å². The Morgan fingerprint density at radius 1 is 1.00 bits per heavy atom. The number of sulfonamides is 1. The molecule has 0 radical (unpaired) electrons. The summed E-state index contributed by atoms with van der Waals surface area (Å²) in [5.41, 5.74) is 2.64. The van der Waals surface area contributed by atoms with Gasteiger partial charge in [0.05, 0.1) is 17.7 Å². The number of amides is 1. The molecule has 1 aliphatic rings. The van der Waals surface area contributed by atoms with Crippen molar-refractivity contribution in [3.63, 3.8) is 0 Å². The van der Waals surface area contributed by atoms with Crippen LogP contribution in [0.5, 0.6) is 0 Å². The molecule has 0 spiro atoms. The van der Waals surface area contributed by atoms with Gasteiger partial charge in [0.1, 0.15) is 5.76 Å². The van der Waals surface area contributed by atoms with Crippen LogP contribution in [0, 0.1) is 6.92 Å². The van der Waals surface area contributed by atoms with Crippen molar-refractivity contribution in [1.82, 2.24) is 14.5 Å². The number of carbonyl (C=O) groups is 1. The summed E-state index contributed by atoms with van der Waals surface area (Å²) in [6.07, 6.45) is 1.58. The first-order chi connectivity index (χ1) is 15.4. The van der Waals surface area contributed by atoms with Crippen molar-refractivity contribution in [2.24, 2.45) is 0 Å². The number of hydrogen-bond donors (Lipinski definition) is 1. The third kappa shape index (κ3) is 5.27. The van der Waals surface area contributed by atoms with Crippen LogP contribution in [0.4, 0.5) is 0 Å². The van der Waals surface area contributed by atoms with Crippen LogP contribution in [0.15, 0.2) is 76.2 Å². The van der Waals surface area contributed by atoms with Crippen molar-refractivity contribution in [3.8, 4) is 0 Å². The summed E-state index contributed by atoms with van der Waals surface area (Å²) >= 11 is 0. The summed E-state index contributed by atoms with van der Waals surface area (Å²) in [4.78, 5) is 15.0. The van der Waals surface area contributed by atoms with Crippen LogP contribution in [-0.4, -0.2) is 49.7 Å². The molecule has 4 rings (SSSR count). The molecule has 1 N–H and O–H groups in total. The lowest BCUT2D eigenvalue weighted by atomic mass is 10.1. The zero-order valence-electron chi connectivity index (χ0n) is 18.0. The molecule has 0 unspecified atom stereocenters. The summed E-state index contributed by atoms with van der Waals surface area (Å²) in [6.45, 7) is 5.11. The molecule has 0 aliphatic carbocycles. The van der Waals surface area contributed by atoms with E-state index in [0.29, 0.717) is 55.5 Å². The van der Waals surface area contributed by atoms with Gasteiger partial charge in [-0.3, -0.25) is 9.69 Å². The minimum atomic E-state index is -3.47. The Morgan fingerprint density at radius 3 is 2.44 bits per heavy atom. The molecule has 8 heteroatoms. The van der Waals surface area contributed by atoms with Gasteiger partial charge in [-0.25, -0.2) is 8.42 Å². The van der Waals surface area contributed by atoms with Gasteiger partial charge in [0.15, 0.2) is 0 Å². The smallest absolute Gasteiger partial charge is 0.251 e. The van der Waals surface area contributed by atoms with Gasteiger partial charge in [-0.2, -0.15) is 4.31 Å². The molecule has 2 aromatic carbocycles. The van der Waals surface area contributed by atoms with E-state index in [1.54, 1.807) is 34.8 Å².